The molecule has 0 heterocycles. The Bertz CT molecular complexity index is 289. The van der Waals surface area contributed by atoms with Crippen LogP contribution in [0.3, 0.4) is 0 Å². The fourth-order valence-electron chi connectivity index (χ4n) is 4.93. The average molecular weight is 410 g/mol. The van der Waals surface area contributed by atoms with E-state index in [1.54, 1.807) is 0 Å². The van der Waals surface area contributed by atoms with Crippen LogP contribution in [-0.2, 0) is 0 Å². The van der Waals surface area contributed by atoms with Crippen LogP contribution in [0.2, 0.25) is 0 Å². The van der Waals surface area contributed by atoms with Crippen molar-refractivity contribution in [2.24, 2.45) is 0 Å². The minimum absolute atomic E-state index is 0.472. The summed E-state index contributed by atoms with van der Waals surface area (Å²) >= 11 is 0. The van der Waals surface area contributed by atoms with E-state index >= 15 is 0 Å². The maximum atomic E-state index is 2.62. The molecule has 0 bridgehead atoms. The predicted molar refractivity (Wildman–Crippen MR) is 135 cm³/mol. The lowest BCUT2D eigenvalue weighted by molar-refractivity contribution is 0.104. The van der Waals surface area contributed by atoms with Crippen molar-refractivity contribution in [2.75, 3.05) is 14.1 Å². The Labute approximate surface area is 186 Å². The summed E-state index contributed by atoms with van der Waals surface area (Å²) in [6, 6.07) is 0. The summed E-state index contributed by atoms with van der Waals surface area (Å²) in [5, 5.41) is 0. The molecule has 1 nitrogen and oxygen atoms in total. The molecule has 0 radical (unpaired) electrons. The molecule has 0 fully saturated rings. The van der Waals surface area contributed by atoms with Crippen LogP contribution >= 0.6 is 0 Å². The normalized spacial score (nSPS) is 12.2. The second-order valence-electron chi connectivity index (χ2n) is 10.0. The number of unbranched alkanes of at least 4 members (excludes halogenated alkanes) is 16. The molecule has 0 atom stereocenters. The molecule has 1 heteroatoms. The summed E-state index contributed by atoms with van der Waals surface area (Å²) in [6.45, 7) is 6.96. The Balaban J connectivity index is 4.26. The molecule has 0 saturated carbocycles. The van der Waals surface area contributed by atoms with Crippen molar-refractivity contribution in [1.82, 2.24) is 4.90 Å². The van der Waals surface area contributed by atoms with Gasteiger partial charge in [0, 0.05) is 5.54 Å². The van der Waals surface area contributed by atoms with Crippen LogP contribution in [0.4, 0.5) is 0 Å². The van der Waals surface area contributed by atoms with Crippen molar-refractivity contribution in [3.8, 4) is 0 Å². The second-order valence-corrected chi connectivity index (χ2v) is 10.0. The van der Waals surface area contributed by atoms with Gasteiger partial charge in [-0.15, -0.1) is 0 Å². The largest absolute Gasteiger partial charge is 0.304 e. The van der Waals surface area contributed by atoms with Crippen molar-refractivity contribution < 1.29 is 0 Å². The first-order valence-electron chi connectivity index (χ1n) is 13.8. The number of rotatable bonds is 23. The Morgan fingerprint density at radius 2 is 0.621 bits per heavy atom. The van der Waals surface area contributed by atoms with E-state index in [0.717, 1.165) is 0 Å². The summed E-state index contributed by atoms with van der Waals surface area (Å²) < 4.78 is 0. The van der Waals surface area contributed by atoms with E-state index in [-0.39, 0.29) is 0 Å². The zero-order valence-electron chi connectivity index (χ0n) is 21.5. The monoisotopic (exact) mass is 409 g/mol. The van der Waals surface area contributed by atoms with Crippen LogP contribution < -0.4 is 0 Å². The highest BCUT2D eigenvalue weighted by molar-refractivity contribution is 4.88. The smallest absolute Gasteiger partial charge is 0.0203 e. The Morgan fingerprint density at radius 3 is 0.931 bits per heavy atom. The van der Waals surface area contributed by atoms with Crippen LogP contribution in [0.15, 0.2) is 0 Å². The molecule has 0 unspecified atom stereocenters. The van der Waals surface area contributed by atoms with Gasteiger partial charge in [0.15, 0.2) is 0 Å². The van der Waals surface area contributed by atoms with E-state index in [0.29, 0.717) is 5.54 Å². The SMILES string of the molecule is CCCCCCCCCCC(CCCCC)(CCCCCCCCCC)N(C)C. The lowest BCUT2D eigenvalue weighted by atomic mass is 9.80. The first kappa shape index (κ1) is 29.0. The molecule has 0 rings (SSSR count). The average Bonchev–Trinajstić information content (AvgIpc) is 2.71. The summed E-state index contributed by atoms with van der Waals surface area (Å²) in [5.41, 5.74) is 0.472. The van der Waals surface area contributed by atoms with Gasteiger partial charge >= 0.3 is 0 Å². The summed E-state index contributed by atoms with van der Waals surface area (Å²) in [6.07, 6.45) is 31.5. The summed E-state index contributed by atoms with van der Waals surface area (Å²) in [7, 11) is 4.73. The Hall–Kier alpha value is -0.0400. The maximum absolute atomic E-state index is 2.62. The molecule has 29 heavy (non-hydrogen) atoms. The highest BCUT2D eigenvalue weighted by atomic mass is 15.1. The minimum Gasteiger partial charge on any atom is -0.304 e. The second kappa shape index (κ2) is 21.2. The number of hydrogen-bond acceptors (Lipinski definition) is 1. The predicted octanol–water partition coefficient (Wildman–Crippen LogP) is 9.93. The minimum atomic E-state index is 0.472. The van der Waals surface area contributed by atoms with Gasteiger partial charge in [0.1, 0.15) is 0 Å². The molecule has 0 aliphatic carbocycles. The van der Waals surface area contributed by atoms with Crippen molar-refractivity contribution in [3.05, 3.63) is 0 Å². The van der Waals surface area contributed by atoms with Crippen LogP contribution in [0, 0.1) is 0 Å². The molecular formula is C28H59N. The topological polar surface area (TPSA) is 3.24 Å². The summed E-state index contributed by atoms with van der Waals surface area (Å²) in [4.78, 5) is 2.62. The molecule has 0 aromatic rings. The van der Waals surface area contributed by atoms with Crippen molar-refractivity contribution in [2.45, 2.75) is 168 Å². The molecule has 176 valence electrons. The van der Waals surface area contributed by atoms with Crippen molar-refractivity contribution in [1.29, 1.82) is 0 Å². The van der Waals surface area contributed by atoms with E-state index < -0.39 is 0 Å². The highest BCUT2D eigenvalue weighted by Crippen LogP contribution is 2.33. The van der Waals surface area contributed by atoms with E-state index in [4.69, 9.17) is 0 Å². The quantitative estimate of drug-likeness (QED) is 0.152. The highest BCUT2D eigenvalue weighted by Gasteiger charge is 2.30. The van der Waals surface area contributed by atoms with Crippen molar-refractivity contribution >= 4 is 0 Å². The third-order valence-corrected chi connectivity index (χ3v) is 7.19. The first-order valence-corrected chi connectivity index (χ1v) is 13.8. The van der Waals surface area contributed by atoms with Gasteiger partial charge < -0.3 is 4.90 Å². The molecule has 0 aliphatic rings. The fraction of sp³-hybridized carbons (Fsp3) is 1.00. The van der Waals surface area contributed by atoms with Gasteiger partial charge in [-0.1, -0.05) is 143 Å². The van der Waals surface area contributed by atoms with Crippen LogP contribution in [0.1, 0.15) is 162 Å². The zero-order valence-corrected chi connectivity index (χ0v) is 21.5. The van der Waals surface area contributed by atoms with E-state index in [2.05, 4.69) is 39.8 Å². The van der Waals surface area contributed by atoms with E-state index in [1.165, 1.54) is 141 Å². The zero-order chi connectivity index (χ0) is 21.6. The number of nitrogens with zero attached hydrogens (tertiary/aromatic N) is 1. The molecule has 0 N–H and O–H groups in total. The number of hydrogen-bond donors (Lipinski definition) is 0. The van der Waals surface area contributed by atoms with Gasteiger partial charge in [0.05, 0.1) is 0 Å². The lowest BCUT2D eigenvalue weighted by Gasteiger charge is -2.41. The summed E-state index contributed by atoms with van der Waals surface area (Å²) in [5.74, 6) is 0. The van der Waals surface area contributed by atoms with Crippen LogP contribution in [0.25, 0.3) is 0 Å². The molecular weight excluding hydrogens is 350 g/mol. The third-order valence-electron chi connectivity index (χ3n) is 7.19. The molecule has 0 spiro atoms. The van der Waals surface area contributed by atoms with Gasteiger partial charge in [0.25, 0.3) is 0 Å². The fourth-order valence-corrected chi connectivity index (χ4v) is 4.93. The molecule has 0 aromatic heterocycles. The first-order chi connectivity index (χ1) is 14.1. The Kier molecular flexibility index (Phi) is 21.2. The lowest BCUT2D eigenvalue weighted by Crippen LogP contribution is -2.44. The Morgan fingerprint density at radius 1 is 0.379 bits per heavy atom. The van der Waals surface area contributed by atoms with Crippen molar-refractivity contribution in [3.63, 3.8) is 0 Å². The van der Waals surface area contributed by atoms with Crippen LogP contribution in [-0.4, -0.2) is 24.5 Å². The maximum Gasteiger partial charge on any atom is 0.0203 e. The van der Waals surface area contributed by atoms with E-state index in [1.807, 2.05) is 0 Å². The van der Waals surface area contributed by atoms with Gasteiger partial charge in [-0.2, -0.15) is 0 Å². The molecule has 0 saturated heterocycles. The third kappa shape index (κ3) is 16.3. The van der Waals surface area contributed by atoms with Gasteiger partial charge in [-0.25, -0.2) is 0 Å². The molecule has 0 aliphatic heterocycles. The van der Waals surface area contributed by atoms with E-state index in [9.17, 15) is 0 Å². The molecule has 0 aromatic carbocycles. The van der Waals surface area contributed by atoms with Gasteiger partial charge in [-0.3, -0.25) is 0 Å². The van der Waals surface area contributed by atoms with Gasteiger partial charge in [0.2, 0.25) is 0 Å². The standard InChI is InChI=1S/C28H59N/c1-6-9-12-14-16-18-20-23-26-28(29(4)5,25-22-11-8-3)27-24-21-19-17-15-13-10-7-2/h6-27H2,1-5H3. The van der Waals surface area contributed by atoms with Crippen LogP contribution in [0.5, 0.6) is 0 Å². The van der Waals surface area contributed by atoms with Gasteiger partial charge in [-0.05, 0) is 33.4 Å². The molecule has 0 amide bonds.